The molecule has 5 heteroatoms. The van der Waals surface area contributed by atoms with Crippen molar-refractivity contribution < 1.29 is 9.53 Å². The summed E-state index contributed by atoms with van der Waals surface area (Å²) in [6.45, 7) is 2.08. The number of anilines is 2. The summed E-state index contributed by atoms with van der Waals surface area (Å²) in [5.74, 6) is 4.17. The van der Waals surface area contributed by atoms with Crippen LogP contribution >= 0.6 is 0 Å². The summed E-state index contributed by atoms with van der Waals surface area (Å²) in [6, 6.07) is 11.8. The fourth-order valence-corrected chi connectivity index (χ4v) is 6.28. The van der Waals surface area contributed by atoms with Crippen LogP contribution in [-0.2, 0) is 11.2 Å². The normalized spacial score (nSPS) is 28.9. The van der Waals surface area contributed by atoms with Crippen LogP contribution in [0.2, 0.25) is 0 Å². The third-order valence-electron chi connectivity index (χ3n) is 7.16. The van der Waals surface area contributed by atoms with Crippen molar-refractivity contribution in [1.29, 1.82) is 0 Å². The van der Waals surface area contributed by atoms with Gasteiger partial charge in [-0.1, -0.05) is 19.1 Å². The molecule has 4 aliphatic carbocycles. The molecule has 0 radical (unpaired) electrons. The van der Waals surface area contributed by atoms with Crippen LogP contribution in [0.5, 0.6) is 5.75 Å². The van der Waals surface area contributed by atoms with E-state index in [9.17, 15) is 4.79 Å². The second-order valence-electron chi connectivity index (χ2n) is 9.59. The molecule has 6 rings (SSSR count). The predicted molar refractivity (Wildman–Crippen MR) is 119 cm³/mol. The molecule has 30 heavy (non-hydrogen) atoms. The van der Waals surface area contributed by atoms with Gasteiger partial charge in [0.15, 0.2) is 6.61 Å². The zero-order chi connectivity index (χ0) is 20.6. The molecule has 1 aromatic heterocycles. The second kappa shape index (κ2) is 7.93. The molecule has 4 saturated carbocycles. The van der Waals surface area contributed by atoms with Crippen LogP contribution in [0.15, 0.2) is 42.6 Å². The molecule has 0 aliphatic heterocycles. The summed E-state index contributed by atoms with van der Waals surface area (Å²) in [6.07, 6.45) is 10.8. The summed E-state index contributed by atoms with van der Waals surface area (Å²) < 4.78 is 5.62. The number of carbonyl (C=O) groups excluding carboxylic acids is 1. The van der Waals surface area contributed by atoms with E-state index in [-0.39, 0.29) is 18.1 Å². The minimum atomic E-state index is -0.180. The summed E-state index contributed by atoms with van der Waals surface area (Å²) >= 11 is 0. The summed E-state index contributed by atoms with van der Waals surface area (Å²) in [5, 5.41) is 6.65. The highest BCUT2D eigenvalue weighted by Gasteiger charge is 2.51. The lowest BCUT2D eigenvalue weighted by atomic mass is 9.53. The lowest BCUT2D eigenvalue weighted by Crippen LogP contribution is -2.54. The van der Waals surface area contributed by atoms with Gasteiger partial charge in [-0.25, -0.2) is 4.98 Å². The Morgan fingerprint density at radius 1 is 1.10 bits per heavy atom. The van der Waals surface area contributed by atoms with Crippen LogP contribution in [0, 0.1) is 17.8 Å². The van der Waals surface area contributed by atoms with Gasteiger partial charge in [-0.15, -0.1) is 0 Å². The Bertz CT molecular complexity index is 874. The zero-order valence-electron chi connectivity index (χ0n) is 17.7. The molecule has 1 amide bonds. The molecule has 0 unspecified atom stereocenters. The molecule has 4 aliphatic rings. The molecule has 2 aromatic rings. The highest BCUT2D eigenvalue weighted by atomic mass is 16.5. The molecule has 5 nitrogen and oxygen atoms in total. The van der Waals surface area contributed by atoms with E-state index in [1.807, 2.05) is 30.3 Å². The fraction of sp³-hybridized carbons (Fsp3) is 0.520. The first-order valence-electron chi connectivity index (χ1n) is 11.3. The highest BCUT2D eigenvalue weighted by molar-refractivity contribution is 5.91. The number of benzene rings is 1. The number of carbonyl (C=O) groups is 1. The second-order valence-corrected chi connectivity index (χ2v) is 9.59. The van der Waals surface area contributed by atoms with Gasteiger partial charge in [0.05, 0.1) is 11.9 Å². The first-order chi connectivity index (χ1) is 14.6. The third-order valence-corrected chi connectivity index (χ3v) is 7.16. The fourth-order valence-electron chi connectivity index (χ4n) is 6.28. The van der Waals surface area contributed by atoms with Gasteiger partial charge in [-0.05, 0) is 92.5 Å². The number of aryl methyl sites for hydroxylation is 1. The van der Waals surface area contributed by atoms with Crippen LogP contribution in [0.3, 0.4) is 0 Å². The van der Waals surface area contributed by atoms with Gasteiger partial charge < -0.3 is 15.4 Å². The largest absolute Gasteiger partial charge is 0.484 e. The molecule has 0 saturated heterocycles. The maximum atomic E-state index is 12.2. The van der Waals surface area contributed by atoms with Gasteiger partial charge in [-0.2, -0.15) is 0 Å². The SMILES string of the molecule is CCc1cccc(OCC(=O)Nc2ccc(NC34CC5CC(CC(C5)C3)C4)nc2)c1. The highest BCUT2D eigenvalue weighted by Crippen LogP contribution is 2.56. The smallest absolute Gasteiger partial charge is 0.262 e. The quantitative estimate of drug-likeness (QED) is 0.677. The van der Waals surface area contributed by atoms with Crippen molar-refractivity contribution in [3.63, 3.8) is 0 Å². The number of nitrogens with zero attached hydrogens (tertiary/aromatic N) is 1. The molecule has 0 spiro atoms. The predicted octanol–water partition coefficient (Wildman–Crippen LogP) is 5.04. The van der Waals surface area contributed by atoms with Gasteiger partial charge in [0.2, 0.25) is 0 Å². The van der Waals surface area contributed by atoms with Gasteiger partial charge in [0, 0.05) is 5.54 Å². The van der Waals surface area contributed by atoms with Crippen LogP contribution in [0.1, 0.15) is 51.0 Å². The number of amides is 1. The third kappa shape index (κ3) is 4.16. The molecular weight excluding hydrogens is 374 g/mol. The first-order valence-corrected chi connectivity index (χ1v) is 11.3. The molecule has 4 fully saturated rings. The van der Waals surface area contributed by atoms with Gasteiger partial charge in [0.1, 0.15) is 11.6 Å². The van der Waals surface area contributed by atoms with Crippen LogP contribution < -0.4 is 15.4 Å². The molecular formula is C25H31N3O2. The van der Waals surface area contributed by atoms with Gasteiger partial charge in [0.25, 0.3) is 5.91 Å². The maximum absolute atomic E-state index is 12.2. The van der Waals surface area contributed by atoms with Crippen LogP contribution in [0.25, 0.3) is 0 Å². The minimum Gasteiger partial charge on any atom is -0.484 e. The molecule has 1 aromatic carbocycles. The molecule has 158 valence electrons. The number of nitrogens with one attached hydrogen (secondary N) is 2. The van der Waals surface area contributed by atoms with Gasteiger partial charge in [-0.3, -0.25) is 4.79 Å². The lowest BCUT2D eigenvalue weighted by Gasteiger charge is -2.57. The molecule has 2 N–H and O–H groups in total. The van der Waals surface area contributed by atoms with Crippen molar-refractivity contribution in [2.75, 3.05) is 17.2 Å². The lowest BCUT2D eigenvalue weighted by molar-refractivity contribution is -0.118. The van der Waals surface area contributed by atoms with E-state index in [1.54, 1.807) is 6.20 Å². The molecule has 4 bridgehead atoms. The summed E-state index contributed by atoms with van der Waals surface area (Å²) in [4.78, 5) is 16.8. The Balaban J connectivity index is 1.15. The van der Waals surface area contributed by atoms with E-state index < -0.39 is 0 Å². The average molecular weight is 406 g/mol. The maximum Gasteiger partial charge on any atom is 0.262 e. The van der Waals surface area contributed by atoms with Crippen LogP contribution in [-0.4, -0.2) is 23.0 Å². The van der Waals surface area contributed by atoms with E-state index in [0.29, 0.717) is 5.69 Å². The van der Waals surface area contributed by atoms with Crippen molar-refractivity contribution in [2.45, 2.75) is 57.4 Å². The standard InChI is InChI=1S/C25H31N3O2/c1-2-17-4-3-5-22(11-17)30-16-24(29)27-21-6-7-23(26-15-21)28-25-12-18-8-19(13-25)10-20(9-18)14-25/h3-7,11,15,18-20H,2,8-10,12-14,16H2,1H3,(H,26,28)(H,27,29). The van der Waals surface area contributed by atoms with Crippen molar-refractivity contribution in [3.05, 3.63) is 48.2 Å². The Morgan fingerprint density at radius 3 is 2.47 bits per heavy atom. The van der Waals surface area contributed by atoms with Crippen molar-refractivity contribution >= 4 is 17.4 Å². The molecule has 1 heterocycles. The van der Waals surface area contributed by atoms with Crippen molar-refractivity contribution in [2.24, 2.45) is 17.8 Å². The average Bonchev–Trinajstić information content (AvgIpc) is 2.73. The summed E-state index contributed by atoms with van der Waals surface area (Å²) in [5.41, 5.74) is 2.13. The number of rotatable bonds is 7. The Morgan fingerprint density at radius 2 is 1.83 bits per heavy atom. The minimum absolute atomic E-state index is 0.0134. The van der Waals surface area contributed by atoms with E-state index in [2.05, 4.69) is 28.6 Å². The molecule has 0 atom stereocenters. The Kier molecular flexibility index (Phi) is 5.13. The first kappa shape index (κ1) is 19.4. The Hall–Kier alpha value is -2.56. The van der Waals surface area contributed by atoms with Crippen LogP contribution in [0.4, 0.5) is 11.5 Å². The number of hydrogen-bond donors (Lipinski definition) is 2. The number of pyridine rings is 1. The number of aromatic nitrogens is 1. The van der Waals surface area contributed by atoms with Crippen molar-refractivity contribution in [3.8, 4) is 5.75 Å². The summed E-state index contributed by atoms with van der Waals surface area (Å²) in [7, 11) is 0. The van der Waals surface area contributed by atoms with E-state index in [1.165, 1.54) is 44.1 Å². The van der Waals surface area contributed by atoms with Crippen molar-refractivity contribution in [1.82, 2.24) is 4.98 Å². The topological polar surface area (TPSA) is 63.2 Å². The number of ether oxygens (including phenoxy) is 1. The van der Waals surface area contributed by atoms with E-state index in [4.69, 9.17) is 4.74 Å². The monoisotopic (exact) mass is 405 g/mol. The van der Waals surface area contributed by atoms with Gasteiger partial charge >= 0.3 is 0 Å². The number of hydrogen-bond acceptors (Lipinski definition) is 4. The van der Waals surface area contributed by atoms with E-state index in [0.717, 1.165) is 35.7 Å². The van der Waals surface area contributed by atoms with E-state index >= 15 is 0 Å². The Labute approximate surface area is 178 Å². The zero-order valence-corrected chi connectivity index (χ0v) is 17.7.